The van der Waals surface area contributed by atoms with E-state index in [2.05, 4.69) is 10.6 Å². The predicted octanol–water partition coefficient (Wildman–Crippen LogP) is 1.51. The van der Waals surface area contributed by atoms with Crippen molar-refractivity contribution in [3.8, 4) is 5.75 Å². The molecule has 0 atom stereocenters. The van der Waals surface area contributed by atoms with Gasteiger partial charge in [-0.3, -0.25) is 0 Å². The number of carbonyl (C=O) groups excluding carboxylic acids is 1. The molecule has 0 unspecified atom stereocenters. The lowest BCUT2D eigenvalue weighted by Crippen LogP contribution is -2.30. The summed E-state index contributed by atoms with van der Waals surface area (Å²) in [5.41, 5.74) is 1.67. The Balaban J connectivity index is 2.53. The number of methoxy groups -OCH3 is 1. The second kappa shape index (κ2) is 6.75. The quantitative estimate of drug-likeness (QED) is 0.681. The van der Waals surface area contributed by atoms with Crippen molar-refractivity contribution >= 4 is 11.7 Å². The van der Waals surface area contributed by atoms with E-state index in [4.69, 9.17) is 9.84 Å². The molecule has 0 saturated heterocycles. The minimum absolute atomic E-state index is 0.0713. The van der Waals surface area contributed by atoms with E-state index in [-0.39, 0.29) is 12.6 Å². The Bertz CT molecular complexity index is 380. The Morgan fingerprint density at radius 2 is 2.24 bits per heavy atom. The van der Waals surface area contributed by atoms with Crippen LogP contribution in [0.15, 0.2) is 18.2 Å². The SMILES string of the molecule is COc1ccc(NC(=O)NCCCO)c(C)c1. The number of aliphatic hydroxyl groups excluding tert-OH is 1. The summed E-state index contributed by atoms with van der Waals surface area (Å²) in [4.78, 5) is 11.5. The maximum Gasteiger partial charge on any atom is 0.319 e. The second-order valence-corrected chi connectivity index (χ2v) is 3.64. The van der Waals surface area contributed by atoms with Gasteiger partial charge in [-0.2, -0.15) is 0 Å². The number of hydrogen-bond acceptors (Lipinski definition) is 3. The third-order valence-corrected chi connectivity index (χ3v) is 2.30. The summed E-state index contributed by atoms with van der Waals surface area (Å²) in [7, 11) is 1.60. The Labute approximate surface area is 101 Å². The highest BCUT2D eigenvalue weighted by atomic mass is 16.5. The van der Waals surface area contributed by atoms with Gasteiger partial charge in [-0.25, -0.2) is 4.79 Å². The number of nitrogens with one attached hydrogen (secondary N) is 2. The average molecular weight is 238 g/mol. The number of anilines is 1. The fourth-order valence-corrected chi connectivity index (χ4v) is 1.35. The molecular weight excluding hydrogens is 220 g/mol. The topological polar surface area (TPSA) is 70.6 Å². The third kappa shape index (κ3) is 4.32. The summed E-state index contributed by atoms with van der Waals surface area (Å²) >= 11 is 0. The minimum Gasteiger partial charge on any atom is -0.497 e. The van der Waals surface area contributed by atoms with Crippen LogP contribution in [0.25, 0.3) is 0 Å². The van der Waals surface area contributed by atoms with E-state index in [1.807, 2.05) is 13.0 Å². The van der Waals surface area contributed by atoms with Crippen molar-refractivity contribution in [1.82, 2.24) is 5.32 Å². The van der Waals surface area contributed by atoms with Crippen molar-refractivity contribution in [3.63, 3.8) is 0 Å². The number of urea groups is 1. The van der Waals surface area contributed by atoms with Crippen LogP contribution in [0.3, 0.4) is 0 Å². The Morgan fingerprint density at radius 1 is 1.47 bits per heavy atom. The molecule has 3 N–H and O–H groups in total. The Morgan fingerprint density at radius 3 is 2.82 bits per heavy atom. The minimum atomic E-state index is -0.272. The first-order valence-electron chi connectivity index (χ1n) is 5.47. The van der Waals surface area contributed by atoms with E-state index in [0.29, 0.717) is 13.0 Å². The van der Waals surface area contributed by atoms with Gasteiger partial charge in [-0.05, 0) is 37.1 Å². The number of carbonyl (C=O) groups is 1. The number of rotatable bonds is 5. The van der Waals surface area contributed by atoms with Crippen molar-refractivity contribution in [3.05, 3.63) is 23.8 Å². The number of aryl methyl sites for hydroxylation is 1. The van der Waals surface area contributed by atoms with Crippen molar-refractivity contribution in [1.29, 1.82) is 0 Å². The van der Waals surface area contributed by atoms with Gasteiger partial charge in [-0.15, -0.1) is 0 Å². The zero-order valence-corrected chi connectivity index (χ0v) is 10.1. The number of ether oxygens (including phenoxy) is 1. The number of aliphatic hydroxyl groups is 1. The monoisotopic (exact) mass is 238 g/mol. The van der Waals surface area contributed by atoms with Crippen molar-refractivity contribution in [2.24, 2.45) is 0 Å². The third-order valence-electron chi connectivity index (χ3n) is 2.30. The molecule has 0 bridgehead atoms. The maximum atomic E-state index is 11.5. The number of amides is 2. The first-order chi connectivity index (χ1) is 8.17. The van der Waals surface area contributed by atoms with Gasteiger partial charge in [0.2, 0.25) is 0 Å². The first kappa shape index (κ1) is 13.3. The van der Waals surface area contributed by atoms with Gasteiger partial charge in [-0.1, -0.05) is 0 Å². The van der Waals surface area contributed by atoms with Crippen LogP contribution in [0.1, 0.15) is 12.0 Å². The average Bonchev–Trinajstić information content (AvgIpc) is 2.32. The standard InChI is InChI=1S/C12H18N2O3/c1-9-8-10(17-2)4-5-11(9)14-12(16)13-6-3-7-15/h4-5,8,15H,3,6-7H2,1-2H3,(H2,13,14,16). The molecular formula is C12H18N2O3. The van der Waals surface area contributed by atoms with E-state index >= 15 is 0 Å². The molecule has 1 aromatic carbocycles. The molecule has 1 rings (SSSR count). The Hall–Kier alpha value is -1.75. The molecule has 0 aliphatic rings. The molecule has 2 amide bonds. The highest BCUT2D eigenvalue weighted by Crippen LogP contribution is 2.20. The molecule has 0 spiro atoms. The second-order valence-electron chi connectivity index (χ2n) is 3.64. The lowest BCUT2D eigenvalue weighted by Gasteiger charge is -2.10. The van der Waals surface area contributed by atoms with Crippen LogP contribution in [-0.4, -0.2) is 31.4 Å². The highest BCUT2D eigenvalue weighted by Gasteiger charge is 2.04. The van der Waals surface area contributed by atoms with Gasteiger partial charge in [0.05, 0.1) is 7.11 Å². The van der Waals surface area contributed by atoms with Gasteiger partial charge >= 0.3 is 6.03 Å². The molecule has 0 radical (unpaired) electrons. The number of benzene rings is 1. The summed E-state index contributed by atoms with van der Waals surface area (Å²) < 4.78 is 5.08. The van der Waals surface area contributed by atoms with Gasteiger partial charge in [0.25, 0.3) is 0 Å². The van der Waals surface area contributed by atoms with E-state index < -0.39 is 0 Å². The molecule has 17 heavy (non-hydrogen) atoms. The first-order valence-corrected chi connectivity index (χ1v) is 5.47. The lowest BCUT2D eigenvalue weighted by molar-refractivity contribution is 0.249. The van der Waals surface area contributed by atoms with E-state index in [1.165, 1.54) is 0 Å². The molecule has 0 saturated carbocycles. The van der Waals surface area contributed by atoms with Crippen molar-refractivity contribution < 1.29 is 14.6 Å². The molecule has 1 aromatic rings. The van der Waals surface area contributed by atoms with Gasteiger partial charge in [0, 0.05) is 18.8 Å². The molecule has 5 heteroatoms. The lowest BCUT2D eigenvalue weighted by atomic mass is 10.2. The van der Waals surface area contributed by atoms with Crippen LogP contribution in [-0.2, 0) is 0 Å². The van der Waals surface area contributed by atoms with Crippen LogP contribution < -0.4 is 15.4 Å². The van der Waals surface area contributed by atoms with Crippen LogP contribution in [0, 0.1) is 6.92 Å². The van der Waals surface area contributed by atoms with E-state index in [1.54, 1.807) is 19.2 Å². The molecule has 0 heterocycles. The molecule has 0 aromatic heterocycles. The highest BCUT2D eigenvalue weighted by molar-refractivity contribution is 5.90. The molecule has 0 aliphatic heterocycles. The molecule has 94 valence electrons. The van der Waals surface area contributed by atoms with Gasteiger partial charge in [0.15, 0.2) is 0 Å². The summed E-state index contributed by atoms with van der Waals surface area (Å²) in [6.07, 6.45) is 0.551. The van der Waals surface area contributed by atoms with Crippen LogP contribution >= 0.6 is 0 Å². The zero-order chi connectivity index (χ0) is 12.7. The molecule has 0 aliphatic carbocycles. The van der Waals surface area contributed by atoms with E-state index in [9.17, 15) is 4.79 Å². The van der Waals surface area contributed by atoms with Gasteiger partial charge in [0.1, 0.15) is 5.75 Å². The predicted molar refractivity (Wildman–Crippen MR) is 66.5 cm³/mol. The largest absolute Gasteiger partial charge is 0.497 e. The van der Waals surface area contributed by atoms with Crippen LogP contribution in [0.4, 0.5) is 10.5 Å². The fraction of sp³-hybridized carbons (Fsp3) is 0.417. The summed E-state index contributed by atoms with van der Waals surface area (Å²) in [6.45, 7) is 2.42. The summed E-state index contributed by atoms with van der Waals surface area (Å²) in [5.74, 6) is 0.758. The number of hydrogen-bond donors (Lipinski definition) is 3. The fourth-order valence-electron chi connectivity index (χ4n) is 1.35. The summed E-state index contributed by atoms with van der Waals surface area (Å²) in [6, 6.07) is 5.16. The van der Waals surface area contributed by atoms with Crippen molar-refractivity contribution in [2.75, 3.05) is 25.6 Å². The molecule has 0 fully saturated rings. The zero-order valence-electron chi connectivity index (χ0n) is 10.1. The normalized spacial score (nSPS) is 9.82. The summed E-state index contributed by atoms with van der Waals surface area (Å²) in [5, 5.41) is 14.0. The smallest absolute Gasteiger partial charge is 0.319 e. The Kier molecular flexibility index (Phi) is 5.29. The maximum absolute atomic E-state index is 11.5. The van der Waals surface area contributed by atoms with Gasteiger partial charge < -0.3 is 20.5 Å². The molecule has 5 nitrogen and oxygen atoms in total. The van der Waals surface area contributed by atoms with E-state index in [0.717, 1.165) is 17.0 Å². The van der Waals surface area contributed by atoms with Crippen molar-refractivity contribution in [2.45, 2.75) is 13.3 Å². The van der Waals surface area contributed by atoms with Crippen LogP contribution in [0.5, 0.6) is 5.75 Å². The van der Waals surface area contributed by atoms with Crippen LogP contribution in [0.2, 0.25) is 0 Å².